The smallest absolute Gasteiger partial charge is 0.322 e. The van der Waals surface area contributed by atoms with Crippen molar-refractivity contribution in [1.82, 2.24) is 4.31 Å². The summed E-state index contributed by atoms with van der Waals surface area (Å²) in [4.78, 5) is 11.9. The summed E-state index contributed by atoms with van der Waals surface area (Å²) in [6, 6.07) is 21.3. The molecule has 0 unspecified atom stereocenters. The first-order valence-corrected chi connectivity index (χ1v) is 10.8. The van der Waals surface area contributed by atoms with Crippen LogP contribution in [0.25, 0.3) is 0 Å². The maximum Gasteiger partial charge on any atom is 0.322 e. The van der Waals surface area contributed by atoms with Crippen LogP contribution in [0, 0.1) is 6.92 Å². The number of aryl methyl sites for hydroxylation is 1. The zero-order valence-electron chi connectivity index (χ0n) is 16.7. The second-order valence-corrected chi connectivity index (χ2v) is 8.95. The molecule has 1 atom stereocenters. The van der Waals surface area contributed by atoms with E-state index >= 15 is 0 Å². The van der Waals surface area contributed by atoms with E-state index in [1.807, 2.05) is 37.3 Å². The molecule has 1 N–H and O–H groups in total. The predicted molar refractivity (Wildman–Crippen MR) is 114 cm³/mol. The first-order valence-electron chi connectivity index (χ1n) is 9.37. The molecule has 0 bridgehead atoms. The zero-order valence-corrected chi connectivity index (χ0v) is 17.5. The summed E-state index contributed by atoms with van der Waals surface area (Å²) < 4.78 is 32.4. The highest BCUT2D eigenvalue weighted by molar-refractivity contribution is 7.89. The van der Waals surface area contributed by atoms with Crippen molar-refractivity contribution < 1.29 is 23.1 Å². The molecule has 0 radical (unpaired) electrons. The molecule has 0 aromatic heterocycles. The number of hydrogen-bond donors (Lipinski definition) is 1. The first-order chi connectivity index (χ1) is 14.3. The number of ether oxygens (including phenoxy) is 1. The molecule has 0 fully saturated rings. The molecule has 3 aromatic rings. The number of carboxylic acid groups (broad SMARTS) is 1. The number of hydrogen-bond acceptors (Lipinski definition) is 4. The van der Waals surface area contributed by atoms with Crippen LogP contribution in [-0.4, -0.2) is 36.9 Å². The summed E-state index contributed by atoms with van der Waals surface area (Å²) in [6.45, 7) is 1.85. The molecule has 3 aromatic carbocycles. The number of para-hydroxylation sites is 1. The topological polar surface area (TPSA) is 83.9 Å². The molecular formula is C23H23NO5S. The van der Waals surface area contributed by atoms with Gasteiger partial charge in [-0.05, 0) is 55.3 Å². The number of nitrogens with zero attached hydrogens (tertiary/aromatic N) is 1. The minimum absolute atomic E-state index is 0.0303. The van der Waals surface area contributed by atoms with Crippen LogP contribution in [0.15, 0.2) is 83.8 Å². The molecule has 30 heavy (non-hydrogen) atoms. The van der Waals surface area contributed by atoms with Crippen molar-refractivity contribution >= 4 is 16.0 Å². The Labute approximate surface area is 176 Å². The van der Waals surface area contributed by atoms with Gasteiger partial charge in [0, 0.05) is 7.05 Å². The van der Waals surface area contributed by atoms with Gasteiger partial charge in [-0.3, -0.25) is 4.79 Å². The lowest BCUT2D eigenvalue weighted by Crippen LogP contribution is -2.43. The van der Waals surface area contributed by atoms with Gasteiger partial charge in [-0.25, -0.2) is 8.42 Å². The highest BCUT2D eigenvalue weighted by Crippen LogP contribution is 2.23. The number of sulfonamides is 1. The van der Waals surface area contributed by atoms with E-state index in [-0.39, 0.29) is 11.3 Å². The third kappa shape index (κ3) is 5.06. The van der Waals surface area contributed by atoms with Crippen LogP contribution in [0.2, 0.25) is 0 Å². The Morgan fingerprint density at radius 2 is 1.50 bits per heavy atom. The van der Waals surface area contributed by atoms with Crippen molar-refractivity contribution in [3.8, 4) is 11.5 Å². The maximum atomic E-state index is 12.9. The molecule has 7 heteroatoms. The van der Waals surface area contributed by atoms with E-state index < -0.39 is 22.0 Å². The lowest BCUT2D eigenvalue weighted by molar-refractivity contribution is -0.141. The summed E-state index contributed by atoms with van der Waals surface area (Å²) in [5.41, 5.74) is 1.61. The molecule has 0 aliphatic carbocycles. The SMILES string of the molecule is Cc1ccc(S(=O)(=O)N(C)[C@H](Cc2ccc(Oc3ccccc3)cc2)C(=O)O)cc1. The van der Waals surface area contributed by atoms with Gasteiger partial charge in [-0.1, -0.05) is 48.0 Å². The third-order valence-corrected chi connectivity index (χ3v) is 6.63. The van der Waals surface area contributed by atoms with E-state index in [9.17, 15) is 18.3 Å². The highest BCUT2D eigenvalue weighted by atomic mass is 32.2. The fourth-order valence-electron chi connectivity index (χ4n) is 2.96. The normalized spacial score (nSPS) is 12.5. The largest absolute Gasteiger partial charge is 0.480 e. The number of likely N-dealkylation sites (N-methyl/N-ethyl adjacent to an activating group) is 1. The molecule has 0 heterocycles. The van der Waals surface area contributed by atoms with Gasteiger partial charge in [-0.15, -0.1) is 0 Å². The number of aliphatic carboxylic acids is 1. The first kappa shape index (κ1) is 21.5. The number of benzene rings is 3. The van der Waals surface area contributed by atoms with Crippen LogP contribution in [0.5, 0.6) is 11.5 Å². The Morgan fingerprint density at radius 1 is 0.933 bits per heavy atom. The van der Waals surface area contributed by atoms with Crippen molar-refractivity contribution in [2.75, 3.05) is 7.05 Å². The van der Waals surface area contributed by atoms with Crippen molar-refractivity contribution in [3.63, 3.8) is 0 Å². The van der Waals surface area contributed by atoms with Gasteiger partial charge in [0.25, 0.3) is 0 Å². The minimum atomic E-state index is -3.94. The summed E-state index contributed by atoms with van der Waals surface area (Å²) >= 11 is 0. The number of rotatable bonds is 8. The van der Waals surface area contributed by atoms with Gasteiger partial charge >= 0.3 is 5.97 Å². The standard InChI is InChI=1S/C23H23NO5S/c1-17-8-14-21(15-9-17)30(27,28)24(2)22(23(25)26)16-18-10-12-20(13-11-18)29-19-6-4-3-5-7-19/h3-15,22H,16H2,1-2H3,(H,25,26)/t22-/m1/s1. The van der Waals surface area contributed by atoms with Crippen LogP contribution in [0.1, 0.15) is 11.1 Å². The fraction of sp³-hybridized carbons (Fsp3) is 0.174. The van der Waals surface area contributed by atoms with Crippen LogP contribution in [0.4, 0.5) is 0 Å². The molecule has 0 aliphatic rings. The average molecular weight is 426 g/mol. The highest BCUT2D eigenvalue weighted by Gasteiger charge is 2.32. The second-order valence-electron chi connectivity index (χ2n) is 6.95. The van der Waals surface area contributed by atoms with Gasteiger partial charge in [0.15, 0.2) is 0 Å². The summed E-state index contributed by atoms with van der Waals surface area (Å²) in [7, 11) is -2.65. The number of carbonyl (C=O) groups is 1. The molecule has 0 spiro atoms. The van der Waals surface area contributed by atoms with E-state index in [0.717, 1.165) is 9.87 Å². The van der Waals surface area contributed by atoms with E-state index in [1.54, 1.807) is 36.4 Å². The van der Waals surface area contributed by atoms with E-state index in [0.29, 0.717) is 17.1 Å². The summed E-state index contributed by atoms with van der Waals surface area (Å²) in [5, 5.41) is 9.68. The van der Waals surface area contributed by atoms with Crippen molar-refractivity contribution in [1.29, 1.82) is 0 Å². The zero-order chi connectivity index (χ0) is 21.7. The maximum absolute atomic E-state index is 12.9. The van der Waals surface area contributed by atoms with Crippen LogP contribution < -0.4 is 4.74 Å². The Hall–Kier alpha value is -3.16. The van der Waals surface area contributed by atoms with Crippen LogP contribution in [0.3, 0.4) is 0 Å². The lowest BCUT2D eigenvalue weighted by atomic mass is 10.1. The van der Waals surface area contributed by atoms with Gasteiger partial charge in [0.2, 0.25) is 10.0 Å². The van der Waals surface area contributed by atoms with E-state index in [2.05, 4.69) is 0 Å². The quantitative estimate of drug-likeness (QED) is 0.587. The van der Waals surface area contributed by atoms with E-state index in [1.165, 1.54) is 19.2 Å². The molecule has 6 nitrogen and oxygen atoms in total. The Kier molecular flexibility index (Phi) is 6.54. The van der Waals surface area contributed by atoms with Gasteiger partial charge in [-0.2, -0.15) is 4.31 Å². The molecule has 0 amide bonds. The fourth-order valence-corrected chi connectivity index (χ4v) is 4.27. The van der Waals surface area contributed by atoms with Crippen molar-refractivity contribution in [2.24, 2.45) is 0 Å². The Bertz CT molecular complexity index is 1090. The second kappa shape index (κ2) is 9.11. The van der Waals surface area contributed by atoms with Gasteiger partial charge in [0.1, 0.15) is 17.5 Å². The molecule has 156 valence electrons. The molecule has 0 saturated heterocycles. The van der Waals surface area contributed by atoms with Crippen LogP contribution >= 0.6 is 0 Å². The van der Waals surface area contributed by atoms with Gasteiger partial charge < -0.3 is 9.84 Å². The van der Waals surface area contributed by atoms with Crippen molar-refractivity contribution in [2.45, 2.75) is 24.3 Å². The molecular weight excluding hydrogens is 402 g/mol. The predicted octanol–water partition coefficient (Wildman–Crippen LogP) is 4.10. The monoisotopic (exact) mass is 425 g/mol. The van der Waals surface area contributed by atoms with Crippen molar-refractivity contribution in [3.05, 3.63) is 90.0 Å². The summed E-state index contributed by atoms with van der Waals surface area (Å²) in [6.07, 6.45) is 0.0303. The third-order valence-electron chi connectivity index (χ3n) is 4.75. The molecule has 0 aliphatic heterocycles. The Morgan fingerprint density at radius 3 is 2.07 bits per heavy atom. The number of carboxylic acids is 1. The molecule has 0 saturated carbocycles. The van der Waals surface area contributed by atoms with E-state index in [4.69, 9.17) is 4.74 Å². The molecule has 3 rings (SSSR count). The van der Waals surface area contributed by atoms with Gasteiger partial charge in [0.05, 0.1) is 4.90 Å². The minimum Gasteiger partial charge on any atom is -0.480 e. The summed E-state index contributed by atoms with van der Waals surface area (Å²) in [5.74, 6) is 0.0906. The lowest BCUT2D eigenvalue weighted by Gasteiger charge is -2.24. The Balaban J connectivity index is 1.76. The average Bonchev–Trinajstić information content (AvgIpc) is 2.73. The van der Waals surface area contributed by atoms with Crippen LogP contribution in [-0.2, 0) is 21.2 Å².